The number of aryl methyl sites for hydroxylation is 1. The third kappa shape index (κ3) is 2.92. The molecule has 0 spiro atoms. The lowest BCUT2D eigenvalue weighted by molar-refractivity contribution is -0.167. The molecule has 4 heterocycles. The van der Waals surface area contributed by atoms with E-state index in [-0.39, 0.29) is 17.1 Å². The first kappa shape index (κ1) is 18.4. The van der Waals surface area contributed by atoms with Gasteiger partial charge in [0.15, 0.2) is 0 Å². The molecular weight excluding hydrogens is 354 g/mol. The summed E-state index contributed by atoms with van der Waals surface area (Å²) in [4.78, 5) is 15.3. The third-order valence-electron chi connectivity index (χ3n) is 7.35. The minimum Gasteiger partial charge on any atom is -0.380 e. The van der Waals surface area contributed by atoms with E-state index in [2.05, 4.69) is 42.0 Å². The van der Waals surface area contributed by atoms with E-state index >= 15 is 0 Å². The Bertz CT molecular complexity index is 915. The maximum atomic E-state index is 13.0. The zero-order valence-electron chi connectivity index (χ0n) is 16.9. The lowest BCUT2D eigenvalue weighted by atomic mass is 9.64. The normalized spacial score (nSPS) is 30.6. The van der Waals surface area contributed by atoms with Crippen LogP contribution in [0.25, 0.3) is 5.52 Å². The number of nitrogens with one attached hydrogen (secondary N) is 2. The van der Waals surface area contributed by atoms with Gasteiger partial charge >= 0.3 is 5.69 Å². The summed E-state index contributed by atoms with van der Waals surface area (Å²) in [6, 6.07) is 4.32. The van der Waals surface area contributed by atoms with Crippen LogP contribution >= 0.6 is 0 Å². The van der Waals surface area contributed by atoms with Crippen molar-refractivity contribution in [2.75, 3.05) is 26.9 Å². The molecule has 152 valence electrons. The Morgan fingerprint density at radius 2 is 2.18 bits per heavy atom. The molecule has 3 aliphatic rings. The number of aromatic nitrogens is 2. The van der Waals surface area contributed by atoms with Crippen molar-refractivity contribution in [3.63, 3.8) is 0 Å². The second kappa shape index (κ2) is 6.99. The Labute approximate surface area is 165 Å². The van der Waals surface area contributed by atoms with E-state index < -0.39 is 0 Å². The molecule has 7 nitrogen and oxygen atoms in total. The molecule has 2 aromatic heterocycles. The van der Waals surface area contributed by atoms with Crippen LogP contribution in [-0.2, 0) is 4.74 Å². The Kier molecular flexibility index (Phi) is 4.58. The van der Waals surface area contributed by atoms with Gasteiger partial charge in [-0.15, -0.1) is 0 Å². The number of pyridine rings is 1. The zero-order chi connectivity index (χ0) is 19.3. The predicted octanol–water partition coefficient (Wildman–Crippen LogP) is 1.87. The van der Waals surface area contributed by atoms with Gasteiger partial charge in [0.25, 0.3) is 0 Å². The van der Waals surface area contributed by atoms with Crippen LogP contribution in [0.5, 0.6) is 0 Å². The number of rotatable bonds is 4. The molecule has 2 aromatic rings. The van der Waals surface area contributed by atoms with Crippen LogP contribution in [0, 0.1) is 18.3 Å². The van der Waals surface area contributed by atoms with Gasteiger partial charge in [-0.1, -0.05) is 12.5 Å². The maximum absolute atomic E-state index is 13.0. The van der Waals surface area contributed by atoms with E-state index in [0.29, 0.717) is 12.1 Å². The van der Waals surface area contributed by atoms with Crippen molar-refractivity contribution in [3.05, 3.63) is 40.6 Å². The molecule has 3 fully saturated rings. The first-order valence-electron chi connectivity index (χ1n) is 10.5. The van der Waals surface area contributed by atoms with Gasteiger partial charge in [-0.25, -0.2) is 15.6 Å². The summed E-state index contributed by atoms with van der Waals surface area (Å²) in [5, 5.41) is 0. The Balaban J connectivity index is 1.40. The van der Waals surface area contributed by atoms with E-state index in [1.54, 1.807) is 4.40 Å². The maximum Gasteiger partial charge on any atom is 0.333 e. The van der Waals surface area contributed by atoms with Crippen LogP contribution in [0.15, 0.2) is 29.3 Å². The molecule has 3 unspecified atom stereocenters. The summed E-state index contributed by atoms with van der Waals surface area (Å²) in [5.74, 6) is 0.604. The molecule has 0 radical (unpaired) electrons. The van der Waals surface area contributed by atoms with E-state index in [9.17, 15) is 4.79 Å². The van der Waals surface area contributed by atoms with E-state index in [1.807, 2.05) is 16.8 Å². The van der Waals surface area contributed by atoms with E-state index in [1.165, 1.54) is 12.8 Å². The summed E-state index contributed by atoms with van der Waals surface area (Å²) in [6.45, 7) is 4.65. The number of hydrogen-bond donors (Lipinski definition) is 2. The minimum absolute atomic E-state index is 0.102. The van der Waals surface area contributed by atoms with Crippen molar-refractivity contribution in [1.82, 2.24) is 24.7 Å². The van der Waals surface area contributed by atoms with Crippen molar-refractivity contribution in [2.45, 2.75) is 51.2 Å². The van der Waals surface area contributed by atoms with Crippen LogP contribution in [0.4, 0.5) is 0 Å². The molecular formula is C21H31N5O2. The topological polar surface area (TPSA) is 62.9 Å². The fourth-order valence-electron chi connectivity index (χ4n) is 5.49. The first-order chi connectivity index (χ1) is 13.6. The molecule has 2 aliphatic heterocycles. The number of nitrogens with zero attached hydrogens (tertiary/aromatic N) is 3. The summed E-state index contributed by atoms with van der Waals surface area (Å²) in [7, 11) is 2.16. The SMILES string of the molecule is Cc1cccn2c(=O)n(C3CCCC(C4(CC5NNCN5C)COC4)C3)cc12. The highest BCUT2D eigenvalue weighted by Gasteiger charge is 2.49. The molecule has 0 aromatic carbocycles. The summed E-state index contributed by atoms with van der Waals surface area (Å²) in [5.41, 5.74) is 9.16. The number of fused-ring (bicyclic) bond motifs is 1. The van der Waals surface area contributed by atoms with E-state index in [0.717, 1.165) is 50.2 Å². The number of imidazole rings is 1. The highest BCUT2D eigenvalue weighted by atomic mass is 16.5. The Hall–Kier alpha value is -1.67. The standard InChI is InChI=1S/C21H31N5O2/c1-15-5-4-8-25-18(15)11-26(20(25)27)17-7-3-6-16(9-17)21(12-28-13-21)10-19-23-22-14-24(19)2/h4-5,8,11,16-17,19,22-23H,3,6-7,9-10,12-14H2,1-2H3. The van der Waals surface area contributed by atoms with Crippen LogP contribution in [0.1, 0.15) is 43.7 Å². The molecule has 3 atom stereocenters. The van der Waals surface area contributed by atoms with Crippen LogP contribution in [0.3, 0.4) is 0 Å². The van der Waals surface area contributed by atoms with Gasteiger partial charge in [0.1, 0.15) is 0 Å². The fourth-order valence-corrected chi connectivity index (χ4v) is 5.49. The summed E-state index contributed by atoms with van der Waals surface area (Å²) in [6.07, 6.45) is 10.00. The lowest BCUT2D eigenvalue weighted by Crippen LogP contribution is -2.54. The van der Waals surface area contributed by atoms with Gasteiger partial charge in [0.05, 0.1) is 31.6 Å². The van der Waals surface area contributed by atoms with Crippen LogP contribution < -0.4 is 16.5 Å². The van der Waals surface area contributed by atoms with Gasteiger partial charge in [-0.05, 0) is 57.2 Å². The molecule has 2 N–H and O–H groups in total. The largest absolute Gasteiger partial charge is 0.380 e. The Morgan fingerprint density at radius 3 is 2.86 bits per heavy atom. The third-order valence-corrected chi connectivity index (χ3v) is 7.35. The smallest absolute Gasteiger partial charge is 0.333 e. The second-order valence-electron chi connectivity index (χ2n) is 9.09. The van der Waals surface area contributed by atoms with Crippen molar-refractivity contribution in [2.24, 2.45) is 11.3 Å². The molecule has 1 saturated carbocycles. The number of ether oxygens (including phenoxy) is 1. The highest BCUT2D eigenvalue weighted by Crippen LogP contribution is 2.49. The molecule has 0 bridgehead atoms. The van der Waals surface area contributed by atoms with Crippen molar-refractivity contribution >= 4 is 5.52 Å². The monoisotopic (exact) mass is 385 g/mol. The number of hydrogen-bond acceptors (Lipinski definition) is 5. The number of hydrazine groups is 1. The second-order valence-corrected chi connectivity index (χ2v) is 9.09. The lowest BCUT2D eigenvalue weighted by Gasteiger charge is -2.51. The molecule has 5 rings (SSSR count). The van der Waals surface area contributed by atoms with Gasteiger partial charge in [0.2, 0.25) is 0 Å². The zero-order valence-corrected chi connectivity index (χ0v) is 16.9. The average molecular weight is 386 g/mol. The van der Waals surface area contributed by atoms with Crippen molar-refractivity contribution in [3.8, 4) is 0 Å². The van der Waals surface area contributed by atoms with Gasteiger partial charge in [-0.3, -0.25) is 13.9 Å². The van der Waals surface area contributed by atoms with Crippen LogP contribution in [-0.4, -0.2) is 47.0 Å². The van der Waals surface area contributed by atoms with Gasteiger partial charge in [-0.2, -0.15) is 0 Å². The summed E-state index contributed by atoms with van der Waals surface area (Å²) < 4.78 is 9.53. The molecule has 1 aliphatic carbocycles. The molecule has 2 saturated heterocycles. The minimum atomic E-state index is 0.102. The average Bonchev–Trinajstić information content (AvgIpc) is 3.23. The quantitative estimate of drug-likeness (QED) is 0.841. The fraction of sp³-hybridized carbons (Fsp3) is 0.667. The molecule has 0 amide bonds. The van der Waals surface area contributed by atoms with Gasteiger partial charge < -0.3 is 4.74 Å². The molecule has 7 heteroatoms. The van der Waals surface area contributed by atoms with Crippen molar-refractivity contribution < 1.29 is 4.74 Å². The van der Waals surface area contributed by atoms with Crippen LogP contribution in [0.2, 0.25) is 0 Å². The first-order valence-corrected chi connectivity index (χ1v) is 10.5. The highest BCUT2D eigenvalue weighted by molar-refractivity contribution is 5.52. The van der Waals surface area contributed by atoms with E-state index in [4.69, 9.17) is 4.74 Å². The summed E-state index contributed by atoms with van der Waals surface area (Å²) >= 11 is 0. The predicted molar refractivity (Wildman–Crippen MR) is 108 cm³/mol. The van der Waals surface area contributed by atoms with Crippen molar-refractivity contribution in [1.29, 1.82) is 0 Å². The van der Waals surface area contributed by atoms with Gasteiger partial charge in [0, 0.05) is 23.9 Å². The molecule has 28 heavy (non-hydrogen) atoms. The Morgan fingerprint density at radius 1 is 1.32 bits per heavy atom.